The minimum atomic E-state index is 0.657. The van der Waals surface area contributed by atoms with Crippen LogP contribution in [0.3, 0.4) is 0 Å². The van der Waals surface area contributed by atoms with Crippen LogP contribution in [0.1, 0.15) is 39.9 Å². The van der Waals surface area contributed by atoms with Crippen LogP contribution in [0, 0.1) is 11.8 Å². The number of aromatic nitrogens is 3. The van der Waals surface area contributed by atoms with E-state index < -0.39 is 0 Å². The Hall–Kier alpha value is -0.900. The summed E-state index contributed by atoms with van der Waals surface area (Å²) in [5, 5.41) is 7.68. The van der Waals surface area contributed by atoms with Crippen molar-refractivity contribution in [3.63, 3.8) is 0 Å². The summed E-state index contributed by atoms with van der Waals surface area (Å²) in [6, 6.07) is 0. The Bertz CT molecular complexity index is 306. The first-order valence-electron chi connectivity index (χ1n) is 6.74. The van der Waals surface area contributed by atoms with Gasteiger partial charge >= 0.3 is 0 Å². The minimum Gasteiger partial charge on any atom is -0.317 e. The molecular weight excluding hydrogens is 212 g/mol. The van der Waals surface area contributed by atoms with Crippen LogP contribution in [0.15, 0.2) is 6.33 Å². The van der Waals surface area contributed by atoms with Crippen molar-refractivity contribution in [3.8, 4) is 0 Å². The summed E-state index contributed by atoms with van der Waals surface area (Å²) in [5.74, 6) is 2.51. The van der Waals surface area contributed by atoms with Gasteiger partial charge in [0.1, 0.15) is 12.2 Å². The first kappa shape index (κ1) is 14.2. The van der Waals surface area contributed by atoms with Crippen LogP contribution in [0.2, 0.25) is 0 Å². The average molecular weight is 238 g/mol. The molecule has 1 atom stereocenters. The second-order valence-corrected chi connectivity index (χ2v) is 5.00. The standard InChI is InChI=1S/C13H26N4/c1-5-14-9-12(7-11(3)4)8-13-15-10-16-17(13)6-2/h10-12,14H,5-9H2,1-4H3. The fourth-order valence-electron chi connectivity index (χ4n) is 2.22. The zero-order valence-electron chi connectivity index (χ0n) is 11.6. The fraction of sp³-hybridized carbons (Fsp3) is 0.846. The number of hydrogen-bond acceptors (Lipinski definition) is 3. The summed E-state index contributed by atoms with van der Waals surface area (Å²) in [6.07, 6.45) is 3.93. The summed E-state index contributed by atoms with van der Waals surface area (Å²) < 4.78 is 2.00. The zero-order valence-corrected chi connectivity index (χ0v) is 11.6. The van der Waals surface area contributed by atoms with Crippen molar-refractivity contribution in [2.75, 3.05) is 13.1 Å². The Labute approximate surface area is 105 Å². The molecule has 1 aromatic rings. The largest absolute Gasteiger partial charge is 0.317 e. The normalized spacial score (nSPS) is 13.2. The first-order chi connectivity index (χ1) is 8.17. The van der Waals surface area contributed by atoms with Crippen LogP contribution in [-0.4, -0.2) is 27.9 Å². The SMILES string of the molecule is CCNCC(Cc1ncnn1CC)CC(C)C. The lowest BCUT2D eigenvalue weighted by atomic mass is 9.93. The molecule has 0 aliphatic carbocycles. The molecule has 1 aromatic heterocycles. The Kier molecular flexibility index (Phi) is 6.19. The van der Waals surface area contributed by atoms with Gasteiger partial charge in [0.25, 0.3) is 0 Å². The smallest absolute Gasteiger partial charge is 0.138 e. The highest BCUT2D eigenvalue weighted by molar-refractivity contribution is 4.88. The van der Waals surface area contributed by atoms with Gasteiger partial charge in [0, 0.05) is 13.0 Å². The lowest BCUT2D eigenvalue weighted by molar-refractivity contribution is 0.376. The average Bonchev–Trinajstić information content (AvgIpc) is 2.72. The quantitative estimate of drug-likeness (QED) is 0.754. The van der Waals surface area contributed by atoms with Gasteiger partial charge in [-0.3, -0.25) is 4.68 Å². The van der Waals surface area contributed by atoms with Crippen molar-refractivity contribution in [2.45, 2.75) is 47.1 Å². The van der Waals surface area contributed by atoms with E-state index in [1.165, 1.54) is 6.42 Å². The second-order valence-electron chi connectivity index (χ2n) is 5.00. The molecule has 1 rings (SSSR count). The van der Waals surface area contributed by atoms with Gasteiger partial charge in [-0.15, -0.1) is 0 Å². The molecule has 0 saturated heterocycles. The lowest BCUT2D eigenvalue weighted by Gasteiger charge is -2.19. The molecule has 0 saturated carbocycles. The topological polar surface area (TPSA) is 42.7 Å². The number of hydrogen-bond donors (Lipinski definition) is 1. The predicted octanol–water partition coefficient (Wildman–Crippen LogP) is 2.11. The van der Waals surface area contributed by atoms with Gasteiger partial charge in [-0.05, 0) is 38.3 Å². The Morgan fingerprint density at radius 2 is 2.12 bits per heavy atom. The van der Waals surface area contributed by atoms with E-state index in [0.29, 0.717) is 5.92 Å². The summed E-state index contributed by atoms with van der Waals surface area (Å²) >= 11 is 0. The summed E-state index contributed by atoms with van der Waals surface area (Å²) in [4.78, 5) is 4.37. The van der Waals surface area contributed by atoms with Crippen LogP contribution < -0.4 is 5.32 Å². The Balaban J connectivity index is 2.58. The van der Waals surface area contributed by atoms with Gasteiger partial charge in [-0.25, -0.2) is 4.98 Å². The van der Waals surface area contributed by atoms with E-state index >= 15 is 0 Å². The predicted molar refractivity (Wildman–Crippen MR) is 70.9 cm³/mol. The molecule has 0 radical (unpaired) electrons. The molecular formula is C13H26N4. The molecule has 0 aromatic carbocycles. The molecule has 0 spiro atoms. The van der Waals surface area contributed by atoms with Crippen molar-refractivity contribution in [1.82, 2.24) is 20.1 Å². The highest BCUT2D eigenvalue weighted by Crippen LogP contribution is 2.15. The minimum absolute atomic E-state index is 0.657. The van der Waals surface area contributed by atoms with Crippen LogP contribution in [0.4, 0.5) is 0 Å². The first-order valence-corrected chi connectivity index (χ1v) is 6.74. The van der Waals surface area contributed by atoms with Gasteiger partial charge in [0.2, 0.25) is 0 Å². The summed E-state index contributed by atoms with van der Waals surface area (Å²) in [7, 11) is 0. The van der Waals surface area contributed by atoms with Gasteiger partial charge < -0.3 is 5.32 Å². The van der Waals surface area contributed by atoms with E-state index in [9.17, 15) is 0 Å². The molecule has 4 nitrogen and oxygen atoms in total. The monoisotopic (exact) mass is 238 g/mol. The molecule has 98 valence electrons. The van der Waals surface area contributed by atoms with Crippen molar-refractivity contribution >= 4 is 0 Å². The van der Waals surface area contributed by atoms with Crippen LogP contribution in [-0.2, 0) is 13.0 Å². The van der Waals surface area contributed by atoms with Gasteiger partial charge in [0.15, 0.2) is 0 Å². The third-order valence-corrected chi connectivity index (χ3v) is 2.95. The number of aryl methyl sites for hydroxylation is 1. The maximum atomic E-state index is 4.37. The Morgan fingerprint density at radius 1 is 1.35 bits per heavy atom. The molecule has 1 unspecified atom stereocenters. The summed E-state index contributed by atoms with van der Waals surface area (Å²) in [6.45, 7) is 11.8. The molecule has 17 heavy (non-hydrogen) atoms. The molecule has 0 aliphatic heterocycles. The molecule has 0 fully saturated rings. The highest BCUT2D eigenvalue weighted by Gasteiger charge is 2.14. The van der Waals surface area contributed by atoms with Crippen molar-refractivity contribution in [1.29, 1.82) is 0 Å². The molecule has 4 heteroatoms. The van der Waals surface area contributed by atoms with E-state index in [1.54, 1.807) is 6.33 Å². The van der Waals surface area contributed by atoms with E-state index in [4.69, 9.17) is 0 Å². The molecule has 1 N–H and O–H groups in total. The molecule has 0 amide bonds. The van der Waals surface area contributed by atoms with E-state index in [0.717, 1.165) is 37.8 Å². The van der Waals surface area contributed by atoms with Crippen molar-refractivity contribution < 1.29 is 0 Å². The fourth-order valence-corrected chi connectivity index (χ4v) is 2.22. The van der Waals surface area contributed by atoms with Gasteiger partial charge in [0.05, 0.1) is 0 Å². The lowest BCUT2D eigenvalue weighted by Crippen LogP contribution is -2.26. The third kappa shape index (κ3) is 4.86. The van der Waals surface area contributed by atoms with E-state index in [1.807, 2.05) is 4.68 Å². The van der Waals surface area contributed by atoms with Gasteiger partial charge in [-0.1, -0.05) is 20.8 Å². The second kappa shape index (κ2) is 7.43. The molecule has 0 aliphatic rings. The van der Waals surface area contributed by atoms with Crippen molar-refractivity contribution in [2.24, 2.45) is 11.8 Å². The van der Waals surface area contributed by atoms with Crippen LogP contribution in [0.5, 0.6) is 0 Å². The number of rotatable bonds is 8. The molecule has 1 heterocycles. The Morgan fingerprint density at radius 3 is 2.71 bits per heavy atom. The van der Waals surface area contributed by atoms with Crippen molar-refractivity contribution in [3.05, 3.63) is 12.2 Å². The van der Waals surface area contributed by atoms with Crippen LogP contribution >= 0.6 is 0 Å². The molecule has 0 bridgehead atoms. The van der Waals surface area contributed by atoms with Crippen LogP contribution in [0.25, 0.3) is 0 Å². The maximum Gasteiger partial charge on any atom is 0.138 e. The number of nitrogens with one attached hydrogen (secondary N) is 1. The van der Waals surface area contributed by atoms with E-state index in [2.05, 4.69) is 43.1 Å². The summed E-state index contributed by atoms with van der Waals surface area (Å²) in [5.41, 5.74) is 0. The zero-order chi connectivity index (χ0) is 12.7. The van der Waals surface area contributed by atoms with Gasteiger partial charge in [-0.2, -0.15) is 5.10 Å². The van der Waals surface area contributed by atoms with E-state index in [-0.39, 0.29) is 0 Å². The highest BCUT2D eigenvalue weighted by atomic mass is 15.3. The number of nitrogens with zero attached hydrogens (tertiary/aromatic N) is 3. The maximum absolute atomic E-state index is 4.37. The third-order valence-electron chi connectivity index (χ3n) is 2.95.